The number of thioether (sulfide) groups is 1. The molecule has 3 nitrogen and oxygen atoms in total. The van der Waals surface area contributed by atoms with Crippen LogP contribution in [0.1, 0.15) is 16.8 Å². The first-order valence-corrected chi connectivity index (χ1v) is 8.72. The molecular weight excluding hydrogens is 292 g/mol. The molecule has 0 aliphatic carbocycles. The summed E-state index contributed by atoms with van der Waals surface area (Å²) in [4.78, 5) is 18.0. The van der Waals surface area contributed by atoms with E-state index in [2.05, 4.69) is 4.90 Å². The van der Waals surface area contributed by atoms with Gasteiger partial charge in [-0.3, -0.25) is 4.79 Å². The number of rotatable bonds is 4. The van der Waals surface area contributed by atoms with Crippen molar-refractivity contribution in [1.82, 2.24) is 9.80 Å². The van der Waals surface area contributed by atoms with Crippen LogP contribution in [0, 0.1) is 0 Å². The number of amides is 1. The summed E-state index contributed by atoms with van der Waals surface area (Å²) in [6, 6.07) is 7.87. The highest BCUT2D eigenvalue weighted by atomic mass is 35.5. The van der Waals surface area contributed by atoms with Gasteiger partial charge in [0.1, 0.15) is 0 Å². The lowest BCUT2D eigenvalue weighted by Gasteiger charge is -2.21. The molecule has 1 aromatic carbocycles. The third kappa shape index (κ3) is 4.14. The normalized spacial score (nSPS) is 17.0. The summed E-state index contributed by atoms with van der Waals surface area (Å²) in [5, 5.41) is 0. The summed E-state index contributed by atoms with van der Waals surface area (Å²) in [6.45, 7) is 4.48. The third-order valence-electron chi connectivity index (χ3n) is 3.61. The van der Waals surface area contributed by atoms with Gasteiger partial charge in [-0.2, -0.15) is 0 Å². The molecule has 0 saturated carbocycles. The topological polar surface area (TPSA) is 23.6 Å². The van der Waals surface area contributed by atoms with Crippen molar-refractivity contribution in [2.45, 2.75) is 11.3 Å². The number of benzene rings is 1. The zero-order valence-electron chi connectivity index (χ0n) is 11.8. The number of hydrogen-bond acceptors (Lipinski definition) is 3. The van der Waals surface area contributed by atoms with Gasteiger partial charge in [0.15, 0.2) is 0 Å². The lowest BCUT2D eigenvalue weighted by Crippen LogP contribution is -2.35. The van der Waals surface area contributed by atoms with Crippen molar-refractivity contribution in [3.63, 3.8) is 0 Å². The number of nitrogens with zero attached hydrogens (tertiary/aromatic N) is 2. The average Bonchev–Trinajstić information content (AvgIpc) is 2.73. The maximum Gasteiger partial charge on any atom is 0.253 e. The molecule has 0 aromatic heterocycles. The summed E-state index contributed by atoms with van der Waals surface area (Å²) in [6.07, 6.45) is 3.06. The van der Waals surface area contributed by atoms with Gasteiger partial charge in [-0.15, -0.1) is 23.4 Å². The van der Waals surface area contributed by atoms with Crippen LogP contribution in [0.2, 0.25) is 0 Å². The molecule has 2 rings (SSSR count). The first kappa shape index (κ1) is 15.7. The van der Waals surface area contributed by atoms with E-state index in [9.17, 15) is 4.79 Å². The van der Waals surface area contributed by atoms with Gasteiger partial charge in [0, 0.05) is 42.5 Å². The van der Waals surface area contributed by atoms with Crippen LogP contribution in [-0.2, 0) is 0 Å². The van der Waals surface area contributed by atoms with Crippen molar-refractivity contribution in [2.75, 3.05) is 44.9 Å². The summed E-state index contributed by atoms with van der Waals surface area (Å²) in [5.41, 5.74) is 0.786. The number of carbonyl (C=O) groups excluding carboxylic acids is 1. The lowest BCUT2D eigenvalue weighted by molar-refractivity contribution is 0.0762. The standard InChI is InChI=1S/C15H21ClN2OS/c1-20-14-5-3-13(4-6-14)15(19)18-9-2-8-17(10-7-16)11-12-18/h3-6H,2,7-12H2,1H3. The summed E-state index contributed by atoms with van der Waals surface area (Å²) in [7, 11) is 0. The molecule has 20 heavy (non-hydrogen) atoms. The van der Waals surface area contributed by atoms with Gasteiger partial charge < -0.3 is 9.80 Å². The van der Waals surface area contributed by atoms with Gasteiger partial charge in [0.25, 0.3) is 5.91 Å². The molecule has 1 fully saturated rings. The second kappa shape index (κ2) is 7.91. The molecule has 0 spiro atoms. The summed E-state index contributed by atoms with van der Waals surface area (Å²) >= 11 is 7.48. The van der Waals surface area contributed by atoms with Crippen molar-refractivity contribution in [3.8, 4) is 0 Å². The molecule has 0 N–H and O–H groups in total. The first-order chi connectivity index (χ1) is 9.74. The summed E-state index contributed by atoms with van der Waals surface area (Å²) in [5.74, 6) is 0.801. The highest BCUT2D eigenvalue weighted by Gasteiger charge is 2.19. The number of halogens is 1. The smallest absolute Gasteiger partial charge is 0.253 e. The molecule has 1 heterocycles. The second-order valence-electron chi connectivity index (χ2n) is 4.90. The van der Waals surface area contributed by atoms with Gasteiger partial charge in [-0.05, 0) is 43.5 Å². The van der Waals surface area contributed by atoms with Gasteiger partial charge in [0.2, 0.25) is 0 Å². The van der Waals surface area contributed by atoms with Crippen LogP contribution >= 0.6 is 23.4 Å². The predicted octanol–water partition coefficient (Wildman–Crippen LogP) is 2.80. The quantitative estimate of drug-likeness (QED) is 0.631. The molecule has 1 aliphatic heterocycles. The molecule has 5 heteroatoms. The second-order valence-corrected chi connectivity index (χ2v) is 6.16. The van der Waals surface area contributed by atoms with Crippen LogP contribution < -0.4 is 0 Å². The van der Waals surface area contributed by atoms with Crippen molar-refractivity contribution in [3.05, 3.63) is 29.8 Å². The van der Waals surface area contributed by atoms with Crippen LogP contribution in [0.15, 0.2) is 29.2 Å². The van der Waals surface area contributed by atoms with E-state index in [4.69, 9.17) is 11.6 Å². The SMILES string of the molecule is CSc1ccc(C(=O)N2CCCN(CCCl)CC2)cc1. The Morgan fingerprint density at radius 2 is 1.95 bits per heavy atom. The largest absolute Gasteiger partial charge is 0.337 e. The fourth-order valence-electron chi connectivity index (χ4n) is 2.43. The molecule has 1 saturated heterocycles. The fraction of sp³-hybridized carbons (Fsp3) is 0.533. The molecule has 0 radical (unpaired) electrons. The first-order valence-electron chi connectivity index (χ1n) is 6.96. The monoisotopic (exact) mass is 312 g/mol. The predicted molar refractivity (Wildman–Crippen MR) is 85.9 cm³/mol. The number of hydrogen-bond donors (Lipinski definition) is 0. The minimum atomic E-state index is 0.144. The van der Waals surface area contributed by atoms with Gasteiger partial charge in [-0.25, -0.2) is 0 Å². The maximum atomic E-state index is 12.5. The third-order valence-corrected chi connectivity index (χ3v) is 4.53. The molecule has 110 valence electrons. The zero-order chi connectivity index (χ0) is 14.4. The Hall–Kier alpha value is -0.710. The highest BCUT2D eigenvalue weighted by Crippen LogP contribution is 2.16. The van der Waals surface area contributed by atoms with Gasteiger partial charge in [-0.1, -0.05) is 0 Å². The minimum Gasteiger partial charge on any atom is -0.337 e. The lowest BCUT2D eigenvalue weighted by atomic mass is 10.2. The van der Waals surface area contributed by atoms with Crippen molar-refractivity contribution in [1.29, 1.82) is 0 Å². The van der Waals surface area contributed by atoms with E-state index in [0.717, 1.165) is 44.7 Å². The molecule has 0 unspecified atom stereocenters. The Morgan fingerprint density at radius 1 is 1.20 bits per heavy atom. The molecule has 1 aliphatic rings. The van der Waals surface area contributed by atoms with E-state index >= 15 is 0 Å². The van der Waals surface area contributed by atoms with E-state index in [-0.39, 0.29) is 5.91 Å². The Kier molecular flexibility index (Phi) is 6.20. The molecule has 1 amide bonds. The van der Waals surface area contributed by atoms with Crippen LogP contribution in [0.3, 0.4) is 0 Å². The van der Waals surface area contributed by atoms with E-state index in [1.165, 1.54) is 4.90 Å². The van der Waals surface area contributed by atoms with Gasteiger partial charge in [0.05, 0.1) is 0 Å². The van der Waals surface area contributed by atoms with Gasteiger partial charge >= 0.3 is 0 Å². The van der Waals surface area contributed by atoms with Crippen molar-refractivity contribution in [2.24, 2.45) is 0 Å². The van der Waals surface area contributed by atoms with E-state index < -0.39 is 0 Å². The van der Waals surface area contributed by atoms with Crippen LogP contribution in [-0.4, -0.2) is 60.6 Å². The van der Waals surface area contributed by atoms with Crippen LogP contribution in [0.25, 0.3) is 0 Å². The minimum absolute atomic E-state index is 0.144. The zero-order valence-corrected chi connectivity index (χ0v) is 13.4. The summed E-state index contributed by atoms with van der Waals surface area (Å²) < 4.78 is 0. The van der Waals surface area contributed by atoms with Crippen molar-refractivity contribution < 1.29 is 4.79 Å². The van der Waals surface area contributed by atoms with E-state index in [0.29, 0.717) is 5.88 Å². The number of carbonyl (C=O) groups is 1. The molecular formula is C15H21ClN2OS. The van der Waals surface area contributed by atoms with E-state index in [1.807, 2.05) is 35.4 Å². The fourth-order valence-corrected chi connectivity index (χ4v) is 3.08. The Morgan fingerprint density at radius 3 is 2.60 bits per heavy atom. The Bertz CT molecular complexity index is 438. The highest BCUT2D eigenvalue weighted by molar-refractivity contribution is 7.98. The average molecular weight is 313 g/mol. The van der Waals surface area contributed by atoms with Crippen LogP contribution in [0.5, 0.6) is 0 Å². The molecule has 0 bridgehead atoms. The van der Waals surface area contributed by atoms with Crippen molar-refractivity contribution >= 4 is 29.3 Å². The molecule has 0 atom stereocenters. The Labute approximate surface area is 130 Å². The Balaban J connectivity index is 1.97. The number of alkyl halides is 1. The van der Waals surface area contributed by atoms with Crippen LogP contribution in [0.4, 0.5) is 0 Å². The van der Waals surface area contributed by atoms with E-state index in [1.54, 1.807) is 11.8 Å². The maximum absolute atomic E-state index is 12.5. The molecule has 1 aromatic rings.